The van der Waals surface area contributed by atoms with Gasteiger partial charge in [0.2, 0.25) is 0 Å². The third-order valence-electron chi connectivity index (χ3n) is 2.57. The first kappa shape index (κ1) is 13.8. The van der Waals surface area contributed by atoms with Crippen LogP contribution in [0.3, 0.4) is 0 Å². The van der Waals surface area contributed by atoms with Crippen LogP contribution in [0.1, 0.15) is 10.4 Å². The third-order valence-corrected chi connectivity index (χ3v) is 3.96. The minimum atomic E-state index is -2.32. The van der Waals surface area contributed by atoms with Gasteiger partial charge in [-0.25, -0.2) is 13.2 Å². The zero-order chi connectivity index (χ0) is 14.2. The monoisotopic (exact) mass is 300 g/mol. The van der Waals surface area contributed by atoms with Crippen molar-refractivity contribution in [2.24, 2.45) is 0 Å². The van der Waals surface area contributed by atoms with Gasteiger partial charge in [-0.15, -0.1) is 0 Å². The lowest BCUT2D eigenvalue weighted by Crippen LogP contribution is -2.01. The quantitative estimate of drug-likeness (QED) is 0.744. The van der Waals surface area contributed by atoms with Gasteiger partial charge < -0.3 is 14.2 Å². The van der Waals surface area contributed by atoms with Crippen molar-refractivity contribution in [1.29, 1.82) is 0 Å². The minimum Gasteiger partial charge on any atom is -0.478 e. The molecule has 0 aliphatic heterocycles. The molecule has 2 rings (SSSR count). The summed E-state index contributed by atoms with van der Waals surface area (Å²) in [5.74, 6) is -1.18. The molecule has 0 saturated heterocycles. The maximum atomic E-state index is 11.2. The van der Waals surface area contributed by atoms with Gasteiger partial charge >= 0.3 is 5.97 Å². The van der Waals surface area contributed by atoms with E-state index in [1.807, 2.05) is 0 Å². The van der Waals surface area contributed by atoms with Crippen LogP contribution in [0.5, 0.6) is 0 Å². The molecule has 2 atom stereocenters. The lowest BCUT2D eigenvalue weighted by atomic mass is 10.0. The molecule has 6 nitrogen and oxygen atoms in total. The van der Waals surface area contributed by atoms with Crippen LogP contribution in [-0.4, -0.2) is 28.6 Å². The lowest BCUT2D eigenvalue weighted by molar-refractivity contribution is 0.0699. The van der Waals surface area contributed by atoms with Crippen LogP contribution in [-0.2, 0) is 22.2 Å². The van der Waals surface area contributed by atoms with E-state index in [2.05, 4.69) is 0 Å². The van der Waals surface area contributed by atoms with Crippen molar-refractivity contribution in [2.45, 2.75) is 9.79 Å². The van der Waals surface area contributed by atoms with Gasteiger partial charge in [-0.05, 0) is 29.7 Å². The number of hydrogen-bond acceptors (Lipinski definition) is 3. The van der Waals surface area contributed by atoms with Gasteiger partial charge in [0.1, 0.15) is 0 Å². The van der Waals surface area contributed by atoms with Crippen molar-refractivity contribution >= 4 is 38.9 Å². The molecule has 0 spiro atoms. The standard InChI is InChI=1S/C11H8O6S2/c12-11(13)8-3-4-10(19(16)17)9-5-6(18(14)15)1-2-7(8)9/h1-5H,(H,12,13)(H,14,15)(H,16,17). The van der Waals surface area contributed by atoms with Crippen LogP contribution in [0.25, 0.3) is 10.8 Å². The fourth-order valence-electron chi connectivity index (χ4n) is 1.75. The van der Waals surface area contributed by atoms with E-state index in [0.29, 0.717) is 0 Å². The third kappa shape index (κ3) is 2.56. The molecule has 0 bridgehead atoms. The molecule has 2 aromatic rings. The molecule has 0 saturated carbocycles. The van der Waals surface area contributed by atoms with Crippen LogP contribution < -0.4 is 0 Å². The van der Waals surface area contributed by atoms with Crippen LogP contribution in [0.15, 0.2) is 40.1 Å². The zero-order valence-corrected chi connectivity index (χ0v) is 10.9. The van der Waals surface area contributed by atoms with E-state index in [-0.39, 0.29) is 26.1 Å². The molecular weight excluding hydrogens is 292 g/mol. The number of fused-ring (bicyclic) bond motifs is 1. The van der Waals surface area contributed by atoms with E-state index in [0.717, 1.165) is 0 Å². The maximum absolute atomic E-state index is 11.2. The number of hydrogen-bond donors (Lipinski definition) is 3. The molecule has 2 aromatic carbocycles. The van der Waals surface area contributed by atoms with E-state index in [1.165, 1.54) is 30.3 Å². The number of carbonyl (C=O) groups is 1. The van der Waals surface area contributed by atoms with Crippen molar-refractivity contribution in [1.82, 2.24) is 0 Å². The summed E-state index contributed by atoms with van der Waals surface area (Å²) in [6.07, 6.45) is 0. The van der Waals surface area contributed by atoms with E-state index in [4.69, 9.17) is 14.2 Å². The Morgan fingerprint density at radius 2 is 1.63 bits per heavy atom. The van der Waals surface area contributed by atoms with Crippen molar-refractivity contribution in [3.05, 3.63) is 35.9 Å². The molecule has 0 aromatic heterocycles. The molecule has 0 heterocycles. The molecular formula is C11H8O6S2. The zero-order valence-electron chi connectivity index (χ0n) is 9.27. The summed E-state index contributed by atoms with van der Waals surface area (Å²) in [6, 6.07) is 6.32. The summed E-state index contributed by atoms with van der Waals surface area (Å²) in [6.45, 7) is 0. The smallest absolute Gasteiger partial charge is 0.336 e. The van der Waals surface area contributed by atoms with Crippen molar-refractivity contribution in [3.8, 4) is 0 Å². The number of aromatic carboxylic acids is 1. The minimum absolute atomic E-state index is 0.00713. The Labute approximate surface area is 112 Å². The number of rotatable bonds is 3. The Kier molecular flexibility index (Phi) is 3.76. The topological polar surface area (TPSA) is 112 Å². The average Bonchev–Trinajstić information content (AvgIpc) is 2.36. The van der Waals surface area contributed by atoms with Crippen LogP contribution in [0, 0.1) is 0 Å². The fourth-order valence-corrected chi connectivity index (χ4v) is 2.69. The van der Waals surface area contributed by atoms with E-state index >= 15 is 0 Å². The Balaban J connectivity index is 2.88. The largest absolute Gasteiger partial charge is 0.478 e. The van der Waals surface area contributed by atoms with Crippen LogP contribution >= 0.6 is 0 Å². The Morgan fingerprint density at radius 1 is 0.947 bits per heavy atom. The molecule has 8 heteroatoms. The summed E-state index contributed by atoms with van der Waals surface area (Å²) < 4.78 is 40.4. The van der Waals surface area contributed by atoms with Gasteiger partial charge in [-0.2, -0.15) is 0 Å². The predicted molar refractivity (Wildman–Crippen MR) is 69.0 cm³/mol. The van der Waals surface area contributed by atoms with Crippen molar-refractivity contribution < 1.29 is 27.4 Å². The fraction of sp³-hybridized carbons (Fsp3) is 0. The summed E-state index contributed by atoms with van der Waals surface area (Å²) in [7, 11) is 0. The lowest BCUT2D eigenvalue weighted by Gasteiger charge is -2.07. The average molecular weight is 300 g/mol. The maximum Gasteiger partial charge on any atom is 0.336 e. The van der Waals surface area contributed by atoms with E-state index < -0.39 is 28.1 Å². The summed E-state index contributed by atoms with van der Waals surface area (Å²) >= 11 is -4.57. The van der Waals surface area contributed by atoms with Gasteiger partial charge in [-0.3, -0.25) is 0 Å². The van der Waals surface area contributed by atoms with Gasteiger partial charge in [0.05, 0.1) is 15.4 Å². The van der Waals surface area contributed by atoms with Gasteiger partial charge in [0, 0.05) is 5.39 Å². The Morgan fingerprint density at radius 3 is 2.16 bits per heavy atom. The number of benzene rings is 2. The molecule has 0 fully saturated rings. The highest BCUT2D eigenvalue weighted by atomic mass is 32.2. The summed E-state index contributed by atoms with van der Waals surface area (Å²) in [5, 5.41) is 9.45. The number of carboxylic acid groups (broad SMARTS) is 1. The van der Waals surface area contributed by atoms with Gasteiger partial charge in [0.25, 0.3) is 0 Å². The number of carboxylic acids is 1. The predicted octanol–water partition coefficient (Wildman–Crippen LogP) is 1.70. The van der Waals surface area contributed by atoms with Gasteiger partial charge in [-0.1, -0.05) is 6.07 Å². The van der Waals surface area contributed by atoms with Crippen molar-refractivity contribution in [3.63, 3.8) is 0 Å². The molecule has 0 aliphatic carbocycles. The molecule has 19 heavy (non-hydrogen) atoms. The highest BCUT2D eigenvalue weighted by molar-refractivity contribution is 7.79. The van der Waals surface area contributed by atoms with Crippen molar-refractivity contribution in [2.75, 3.05) is 0 Å². The van der Waals surface area contributed by atoms with E-state index in [9.17, 15) is 13.2 Å². The summed E-state index contributed by atoms with van der Waals surface area (Å²) in [5.41, 5.74) is -0.0422. The first-order valence-corrected chi connectivity index (χ1v) is 7.15. The van der Waals surface area contributed by atoms with E-state index in [1.54, 1.807) is 0 Å². The Bertz CT molecular complexity index is 724. The van der Waals surface area contributed by atoms with Crippen LogP contribution in [0.2, 0.25) is 0 Å². The van der Waals surface area contributed by atoms with Gasteiger partial charge in [0.15, 0.2) is 22.2 Å². The highest BCUT2D eigenvalue weighted by Crippen LogP contribution is 2.27. The second-order valence-electron chi connectivity index (χ2n) is 3.62. The second-order valence-corrected chi connectivity index (χ2v) is 5.53. The first-order valence-electron chi connectivity index (χ1n) is 4.93. The first-order chi connectivity index (χ1) is 8.91. The normalized spacial score (nSPS) is 14.2. The Hall–Kier alpha value is -1.61. The second kappa shape index (κ2) is 5.17. The molecule has 0 aliphatic rings. The molecule has 2 unspecified atom stereocenters. The highest BCUT2D eigenvalue weighted by Gasteiger charge is 2.15. The molecule has 100 valence electrons. The van der Waals surface area contributed by atoms with Crippen LogP contribution in [0.4, 0.5) is 0 Å². The SMILES string of the molecule is O=C(O)c1ccc(S(=O)O)c2cc(S(=O)O)ccc12. The molecule has 0 radical (unpaired) electrons. The molecule has 3 N–H and O–H groups in total. The summed E-state index contributed by atoms with van der Waals surface area (Å²) in [4.78, 5) is 11.1. The molecule has 0 amide bonds.